The number of amides is 1. The molecule has 0 spiro atoms. The predicted molar refractivity (Wildman–Crippen MR) is 85.2 cm³/mol. The highest BCUT2D eigenvalue weighted by molar-refractivity contribution is 5.78. The summed E-state index contributed by atoms with van der Waals surface area (Å²) in [5.74, 6) is 0.0828. The van der Waals surface area contributed by atoms with Gasteiger partial charge < -0.3 is 16.0 Å². The number of rotatable bonds is 3. The zero-order valence-corrected chi connectivity index (χ0v) is 13.1. The first-order valence-electron chi connectivity index (χ1n) is 7.33. The van der Waals surface area contributed by atoms with E-state index in [2.05, 4.69) is 20.1 Å². The van der Waals surface area contributed by atoms with Gasteiger partial charge in [-0.15, -0.1) is 0 Å². The molecule has 0 unspecified atom stereocenters. The van der Waals surface area contributed by atoms with E-state index < -0.39 is 0 Å². The molecule has 3 N–H and O–H groups in total. The van der Waals surface area contributed by atoms with Crippen molar-refractivity contribution in [2.24, 2.45) is 0 Å². The monoisotopic (exact) mass is 291 g/mol. The average Bonchev–Trinajstić information content (AvgIpc) is 2.38. The fraction of sp³-hybridized carbons (Fsp3) is 0.600. The molecule has 6 nitrogen and oxygen atoms in total. The molecule has 1 aliphatic heterocycles. The van der Waals surface area contributed by atoms with Crippen LogP contribution < -0.4 is 16.0 Å². The normalized spacial score (nSPS) is 16.8. The largest absolute Gasteiger partial charge is 0.396 e. The molecule has 1 aromatic rings. The molecular formula is C15H25N5O. The highest BCUT2D eigenvalue weighted by Gasteiger charge is 2.22. The van der Waals surface area contributed by atoms with Gasteiger partial charge >= 0.3 is 0 Å². The van der Waals surface area contributed by atoms with Crippen LogP contribution in [0.15, 0.2) is 18.5 Å². The molecule has 1 fully saturated rings. The van der Waals surface area contributed by atoms with E-state index in [-0.39, 0.29) is 11.4 Å². The summed E-state index contributed by atoms with van der Waals surface area (Å²) in [5, 5.41) is 3.00. The molecule has 116 valence electrons. The number of hydrogen-bond acceptors (Lipinski definition) is 5. The molecule has 21 heavy (non-hydrogen) atoms. The van der Waals surface area contributed by atoms with Crippen LogP contribution in [0.5, 0.6) is 0 Å². The van der Waals surface area contributed by atoms with Crippen LogP contribution in [0.25, 0.3) is 0 Å². The number of pyridine rings is 1. The van der Waals surface area contributed by atoms with Crippen LogP contribution >= 0.6 is 0 Å². The molecule has 1 aliphatic rings. The van der Waals surface area contributed by atoms with E-state index >= 15 is 0 Å². The lowest BCUT2D eigenvalue weighted by Crippen LogP contribution is -2.51. The van der Waals surface area contributed by atoms with Gasteiger partial charge in [-0.05, 0) is 26.8 Å². The van der Waals surface area contributed by atoms with Gasteiger partial charge in [-0.25, -0.2) is 0 Å². The summed E-state index contributed by atoms with van der Waals surface area (Å²) >= 11 is 0. The van der Waals surface area contributed by atoms with Crippen molar-refractivity contribution in [1.82, 2.24) is 15.2 Å². The molecule has 2 rings (SSSR count). The van der Waals surface area contributed by atoms with Crippen molar-refractivity contribution in [1.29, 1.82) is 0 Å². The summed E-state index contributed by atoms with van der Waals surface area (Å²) in [7, 11) is 0. The van der Waals surface area contributed by atoms with Gasteiger partial charge in [-0.2, -0.15) is 0 Å². The minimum Gasteiger partial charge on any atom is -0.396 e. The SMILES string of the molecule is CC(C)(C)NC(=O)CN1CCN(c2ccncc2N)CC1. The summed E-state index contributed by atoms with van der Waals surface area (Å²) in [5.41, 5.74) is 7.51. The number of hydrogen-bond donors (Lipinski definition) is 2. The number of nitrogens with zero attached hydrogens (tertiary/aromatic N) is 3. The Labute approximate surface area is 126 Å². The number of nitrogens with one attached hydrogen (secondary N) is 1. The fourth-order valence-electron chi connectivity index (χ4n) is 2.50. The molecule has 6 heteroatoms. The van der Waals surface area contributed by atoms with Gasteiger partial charge in [0.15, 0.2) is 0 Å². The zero-order valence-electron chi connectivity index (χ0n) is 13.1. The van der Waals surface area contributed by atoms with E-state index in [0.29, 0.717) is 12.2 Å². The van der Waals surface area contributed by atoms with Crippen molar-refractivity contribution in [2.75, 3.05) is 43.4 Å². The van der Waals surface area contributed by atoms with Gasteiger partial charge in [0.25, 0.3) is 0 Å². The summed E-state index contributed by atoms with van der Waals surface area (Å²) in [6.07, 6.45) is 3.44. The first kappa shape index (κ1) is 15.6. The number of nitrogens with two attached hydrogens (primary N) is 1. The first-order valence-corrected chi connectivity index (χ1v) is 7.33. The lowest BCUT2D eigenvalue weighted by atomic mass is 10.1. The van der Waals surface area contributed by atoms with Crippen LogP contribution in [0.4, 0.5) is 11.4 Å². The molecule has 1 aromatic heterocycles. The summed E-state index contributed by atoms with van der Waals surface area (Å²) in [4.78, 5) is 20.4. The third-order valence-electron chi connectivity index (χ3n) is 3.42. The van der Waals surface area contributed by atoms with Crippen LogP contribution in [-0.2, 0) is 4.79 Å². The second-order valence-corrected chi connectivity index (χ2v) is 6.50. The summed E-state index contributed by atoms with van der Waals surface area (Å²) in [6.45, 7) is 9.91. The van der Waals surface area contributed by atoms with Crippen LogP contribution in [0, 0.1) is 0 Å². The molecule has 0 atom stereocenters. The van der Waals surface area contributed by atoms with Crippen LogP contribution in [0.1, 0.15) is 20.8 Å². The minimum absolute atomic E-state index is 0.0828. The van der Waals surface area contributed by atoms with Gasteiger partial charge in [0.1, 0.15) is 0 Å². The maximum absolute atomic E-state index is 11.9. The van der Waals surface area contributed by atoms with E-state index in [1.165, 1.54) is 0 Å². The highest BCUT2D eigenvalue weighted by Crippen LogP contribution is 2.22. The molecule has 0 bridgehead atoms. The van der Waals surface area contributed by atoms with Crippen molar-refractivity contribution >= 4 is 17.3 Å². The van der Waals surface area contributed by atoms with E-state index in [4.69, 9.17) is 5.73 Å². The van der Waals surface area contributed by atoms with Gasteiger partial charge in [-0.1, -0.05) is 0 Å². The van der Waals surface area contributed by atoms with Gasteiger partial charge in [-0.3, -0.25) is 14.7 Å². The quantitative estimate of drug-likeness (QED) is 0.857. The average molecular weight is 291 g/mol. The smallest absolute Gasteiger partial charge is 0.234 e. The third-order valence-corrected chi connectivity index (χ3v) is 3.42. The number of carbonyl (C=O) groups is 1. The lowest BCUT2D eigenvalue weighted by molar-refractivity contribution is -0.123. The van der Waals surface area contributed by atoms with Gasteiger partial charge in [0.2, 0.25) is 5.91 Å². The summed E-state index contributed by atoms with van der Waals surface area (Å²) in [6, 6.07) is 1.94. The molecule has 1 saturated heterocycles. The topological polar surface area (TPSA) is 74.5 Å². The Bertz CT molecular complexity index is 489. The van der Waals surface area contributed by atoms with Gasteiger partial charge in [0, 0.05) is 37.9 Å². The number of nitrogen functional groups attached to an aromatic ring is 1. The van der Waals surface area contributed by atoms with Crippen LogP contribution in [-0.4, -0.2) is 54.1 Å². The minimum atomic E-state index is -0.176. The second kappa shape index (κ2) is 6.30. The Hall–Kier alpha value is -1.82. The fourth-order valence-corrected chi connectivity index (χ4v) is 2.50. The summed E-state index contributed by atoms with van der Waals surface area (Å²) < 4.78 is 0. The Morgan fingerprint density at radius 2 is 2.00 bits per heavy atom. The van der Waals surface area contributed by atoms with E-state index in [1.807, 2.05) is 26.8 Å². The van der Waals surface area contributed by atoms with E-state index in [0.717, 1.165) is 31.9 Å². The Balaban J connectivity index is 1.84. The lowest BCUT2D eigenvalue weighted by Gasteiger charge is -2.36. The van der Waals surface area contributed by atoms with Crippen LogP contribution in [0.2, 0.25) is 0 Å². The first-order chi connectivity index (χ1) is 9.85. The number of anilines is 2. The van der Waals surface area contributed by atoms with Gasteiger partial charge in [0.05, 0.1) is 24.1 Å². The predicted octanol–water partition coefficient (Wildman–Crippen LogP) is 0.701. The molecule has 0 aliphatic carbocycles. The highest BCUT2D eigenvalue weighted by atomic mass is 16.2. The maximum atomic E-state index is 11.9. The van der Waals surface area contributed by atoms with Crippen molar-refractivity contribution in [2.45, 2.75) is 26.3 Å². The standard InChI is InChI=1S/C15H25N5O/c1-15(2,3)18-14(21)11-19-6-8-20(9-7-19)13-4-5-17-10-12(13)16/h4-5,10H,6-9,11,16H2,1-3H3,(H,18,21). The van der Waals surface area contributed by atoms with Crippen molar-refractivity contribution in [3.63, 3.8) is 0 Å². The molecule has 1 amide bonds. The van der Waals surface area contributed by atoms with Crippen molar-refractivity contribution in [3.8, 4) is 0 Å². The van der Waals surface area contributed by atoms with E-state index in [1.54, 1.807) is 12.4 Å². The number of piperazine rings is 1. The molecule has 0 saturated carbocycles. The van der Waals surface area contributed by atoms with Crippen LogP contribution in [0.3, 0.4) is 0 Å². The Kier molecular flexibility index (Phi) is 4.67. The third kappa shape index (κ3) is 4.60. The molecule has 0 aromatic carbocycles. The Morgan fingerprint density at radius 3 is 2.57 bits per heavy atom. The van der Waals surface area contributed by atoms with Crippen molar-refractivity contribution in [3.05, 3.63) is 18.5 Å². The molecule has 0 radical (unpaired) electrons. The molecular weight excluding hydrogens is 266 g/mol. The number of carbonyl (C=O) groups excluding carboxylic acids is 1. The second-order valence-electron chi connectivity index (χ2n) is 6.50. The Morgan fingerprint density at radius 1 is 1.33 bits per heavy atom. The molecule has 2 heterocycles. The maximum Gasteiger partial charge on any atom is 0.234 e. The van der Waals surface area contributed by atoms with Crippen molar-refractivity contribution < 1.29 is 4.79 Å². The van der Waals surface area contributed by atoms with E-state index in [9.17, 15) is 4.79 Å². The number of aromatic nitrogens is 1. The zero-order chi connectivity index (χ0) is 15.5.